The van der Waals surface area contributed by atoms with Crippen molar-refractivity contribution in [3.8, 4) is 16.9 Å². The summed E-state index contributed by atoms with van der Waals surface area (Å²) in [6.45, 7) is 3.27. The van der Waals surface area contributed by atoms with Gasteiger partial charge in [-0.25, -0.2) is 0 Å². The first kappa shape index (κ1) is 18.1. The normalized spacial score (nSPS) is 10.1. The molecule has 0 unspecified atom stereocenters. The summed E-state index contributed by atoms with van der Waals surface area (Å²) in [6.07, 6.45) is 0. The molecule has 0 radical (unpaired) electrons. The van der Waals surface area contributed by atoms with Crippen molar-refractivity contribution in [2.45, 2.75) is 20.1 Å². The zero-order chi connectivity index (χ0) is 16.1. The van der Waals surface area contributed by atoms with Gasteiger partial charge in [0.05, 0.1) is 0 Å². The first-order chi connectivity index (χ1) is 11.3. The van der Waals surface area contributed by atoms with Gasteiger partial charge in [0.15, 0.2) is 0 Å². The molecule has 3 heteroatoms. The van der Waals surface area contributed by atoms with Crippen molar-refractivity contribution in [2.75, 3.05) is 0 Å². The third-order valence-corrected chi connectivity index (χ3v) is 4.08. The van der Waals surface area contributed by atoms with Crippen molar-refractivity contribution >= 4 is 12.4 Å². The Morgan fingerprint density at radius 3 is 2.21 bits per heavy atom. The molecule has 0 saturated carbocycles. The van der Waals surface area contributed by atoms with Gasteiger partial charge in [0.1, 0.15) is 12.4 Å². The van der Waals surface area contributed by atoms with Crippen LogP contribution in [0.2, 0.25) is 0 Å². The fraction of sp³-hybridized carbons (Fsp3) is 0.143. The molecule has 0 aliphatic rings. The number of ether oxygens (including phenoxy) is 1. The van der Waals surface area contributed by atoms with Crippen LogP contribution >= 0.6 is 12.4 Å². The minimum absolute atomic E-state index is 0. The molecule has 0 aromatic heterocycles. The Morgan fingerprint density at radius 1 is 0.833 bits per heavy atom. The molecule has 0 aliphatic heterocycles. The van der Waals surface area contributed by atoms with E-state index in [-0.39, 0.29) is 12.4 Å². The van der Waals surface area contributed by atoms with E-state index in [9.17, 15) is 0 Å². The van der Waals surface area contributed by atoms with Crippen LogP contribution in [0.25, 0.3) is 11.1 Å². The lowest BCUT2D eigenvalue weighted by Gasteiger charge is -2.11. The first-order valence-electron chi connectivity index (χ1n) is 7.83. The summed E-state index contributed by atoms with van der Waals surface area (Å²) in [4.78, 5) is 0. The number of hydrogen-bond acceptors (Lipinski definition) is 2. The quantitative estimate of drug-likeness (QED) is 0.700. The Labute approximate surface area is 149 Å². The van der Waals surface area contributed by atoms with Crippen LogP contribution in [0.4, 0.5) is 0 Å². The standard InChI is InChI=1S/C21H21NO.ClH/c1-16-19(14-22)8-5-9-21(16)18-10-12-20(13-11-18)23-15-17-6-3-2-4-7-17;/h2-13H,14-15,22H2,1H3;1H. The van der Waals surface area contributed by atoms with Crippen LogP contribution in [0, 0.1) is 6.92 Å². The third-order valence-electron chi connectivity index (χ3n) is 4.08. The molecule has 0 bridgehead atoms. The molecule has 0 saturated heterocycles. The van der Waals surface area contributed by atoms with E-state index < -0.39 is 0 Å². The molecule has 0 heterocycles. The van der Waals surface area contributed by atoms with Gasteiger partial charge in [-0.2, -0.15) is 0 Å². The van der Waals surface area contributed by atoms with Crippen molar-refractivity contribution in [3.05, 3.63) is 89.5 Å². The van der Waals surface area contributed by atoms with Gasteiger partial charge in [-0.1, -0.05) is 60.7 Å². The summed E-state index contributed by atoms with van der Waals surface area (Å²) < 4.78 is 5.84. The first-order valence-corrected chi connectivity index (χ1v) is 7.83. The molecule has 0 amide bonds. The van der Waals surface area contributed by atoms with Crippen LogP contribution in [-0.2, 0) is 13.2 Å². The molecule has 2 nitrogen and oxygen atoms in total. The second-order valence-corrected chi connectivity index (χ2v) is 5.59. The van der Waals surface area contributed by atoms with Crippen LogP contribution in [0.15, 0.2) is 72.8 Å². The summed E-state index contributed by atoms with van der Waals surface area (Å²) in [7, 11) is 0. The number of hydrogen-bond donors (Lipinski definition) is 1. The second-order valence-electron chi connectivity index (χ2n) is 5.59. The summed E-state index contributed by atoms with van der Waals surface area (Å²) in [5.41, 5.74) is 11.8. The SMILES string of the molecule is Cc1c(CN)cccc1-c1ccc(OCc2ccccc2)cc1.Cl. The predicted molar refractivity (Wildman–Crippen MR) is 103 cm³/mol. The lowest BCUT2D eigenvalue weighted by Crippen LogP contribution is -2.00. The number of nitrogens with two attached hydrogens (primary N) is 1. The summed E-state index contributed by atoms with van der Waals surface area (Å²) in [5, 5.41) is 0. The Bertz CT molecular complexity index is 770. The summed E-state index contributed by atoms with van der Waals surface area (Å²) in [5.74, 6) is 0.880. The maximum Gasteiger partial charge on any atom is 0.119 e. The molecule has 3 aromatic rings. The average Bonchev–Trinajstić information content (AvgIpc) is 2.62. The maximum absolute atomic E-state index is 5.84. The van der Waals surface area contributed by atoms with Gasteiger partial charge in [0.25, 0.3) is 0 Å². The highest BCUT2D eigenvalue weighted by atomic mass is 35.5. The van der Waals surface area contributed by atoms with E-state index in [2.05, 4.69) is 49.4 Å². The molecule has 0 atom stereocenters. The Hall–Kier alpha value is -2.29. The monoisotopic (exact) mass is 339 g/mol. The minimum Gasteiger partial charge on any atom is -0.489 e. The highest BCUT2D eigenvalue weighted by Gasteiger charge is 2.05. The van der Waals surface area contributed by atoms with Gasteiger partial charge in [0, 0.05) is 6.54 Å². The summed E-state index contributed by atoms with van der Waals surface area (Å²) in [6, 6.07) is 24.7. The van der Waals surface area contributed by atoms with Crippen LogP contribution in [-0.4, -0.2) is 0 Å². The van der Waals surface area contributed by atoms with E-state index in [1.165, 1.54) is 27.8 Å². The molecule has 0 fully saturated rings. The highest BCUT2D eigenvalue weighted by Crippen LogP contribution is 2.27. The Kier molecular flexibility index (Phi) is 6.42. The van der Waals surface area contributed by atoms with Gasteiger partial charge in [0.2, 0.25) is 0 Å². The van der Waals surface area contributed by atoms with E-state index in [4.69, 9.17) is 10.5 Å². The smallest absolute Gasteiger partial charge is 0.119 e. The predicted octanol–water partition coefficient (Wildman–Crippen LogP) is 5.12. The van der Waals surface area contributed by atoms with E-state index in [1.54, 1.807) is 0 Å². The van der Waals surface area contributed by atoms with Crippen molar-refractivity contribution in [3.63, 3.8) is 0 Å². The summed E-state index contributed by atoms with van der Waals surface area (Å²) >= 11 is 0. The van der Waals surface area contributed by atoms with Gasteiger partial charge in [-0.15, -0.1) is 12.4 Å². The van der Waals surface area contributed by atoms with Crippen LogP contribution < -0.4 is 10.5 Å². The lowest BCUT2D eigenvalue weighted by molar-refractivity contribution is 0.306. The van der Waals surface area contributed by atoms with E-state index in [1.807, 2.05) is 30.3 Å². The van der Waals surface area contributed by atoms with Crippen LogP contribution in [0.1, 0.15) is 16.7 Å². The average molecular weight is 340 g/mol. The van der Waals surface area contributed by atoms with Gasteiger partial charge in [-0.05, 0) is 46.9 Å². The Morgan fingerprint density at radius 2 is 1.54 bits per heavy atom. The fourth-order valence-electron chi connectivity index (χ4n) is 2.69. The number of benzene rings is 3. The molecule has 3 aromatic carbocycles. The van der Waals surface area contributed by atoms with Crippen molar-refractivity contribution in [2.24, 2.45) is 5.73 Å². The van der Waals surface area contributed by atoms with E-state index >= 15 is 0 Å². The molecule has 24 heavy (non-hydrogen) atoms. The lowest BCUT2D eigenvalue weighted by atomic mass is 9.96. The van der Waals surface area contributed by atoms with E-state index in [0.29, 0.717) is 13.2 Å². The molecule has 2 N–H and O–H groups in total. The second kappa shape index (κ2) is 8.53. The molecule has 3 rings (SSSR count). The Balaban J connectivity index is 0.00000208. The van der Waals surface area contributed by atoms with Crippen LogP contribution in [0.3, 0.4) is 0 Å². The van der Waals surface area contributed by atoms with Gasteiger partial charge < -0.3 is 10.5 Å². The van der Waals surface area contributed by atoms with E-state index in [0.717, 1.165) is 5.75 Å². The third kappa shape index (κ3) is 4.16. The molecular weight excluding hydrogens is 318 g/mol. The molecular formula is C21H22ClNO. The van der Waals surface area contributed by atoms with Crippen LogP contribution in [0.5, 0.6) is 5.75 Å². The molecule has 0 spiro atoms. The van der Waals surface area contributed by atoms with Crippen molar-refractivity contribution < 1.29 is 4.74 Å². The van der Waals surface area contributed by atoms with Crippen molar-refractivity contribution in [1.82, 2.24) is 0 Å². The minimum atomic E-state index is 0. The number of halogens is 1. The maximum atomic E-state index is 5.84. The topological polar surface area (TPSA) is 35.2 Å². The highest BCUT2D eigenvalue weighted by molar-refractivity contribution is 5.85. The van der Waals surface area contributed by atoms with Gasteiger partial charge in [-0.3, -0.25) is 0 Å². The van der Waals surface area contributed by atoms with Crippen molar-refractivity contribution in [1.29, 1.82) is 0 Å². The zero-order valence-corrected chi connectivity index (χ0v) is 14.6. The fourth-order valence-corrected chi connectivity index (χ4v) is 2.69. The molecule has 124 valence electrons. The zero-order valence-electron chi connectivity index (χ0n) is 13.7. The number of rotatable bonds is 5. The largest absolute Gasteiger partial charge is 0.489 e. The molecule has 0 aliphatic carbocycles. The van der Waals surface area contributed by atoms with Gasteiger partial charge >= 0.3 is 0 Å².